The van der Waals surface area contributed by atoms with Gasteiger partial charge in [-0.25, -0.2) is 9.97 Å². The fraction of sp³-hybridized carbons (Fsp3) is 0.478. The van der Waals surface area contributed by atoms with Crippen LogP contribution in [0.3, 0.4) is 0 Å². The van der Waals surface area contributed by atoms with Gasteiger partial charge in [0, 0.05) is 44.0 Å². The van der Waals surface area contributed by atoms with Crippen molar-refractivity contribution in [1.82, 2.24) is 19.4 Å². The van der Waals surface area contributed by atoms with E-state index in [2.05, 4.69) is 49.9 Å². The Bertz CT molecular complexity index is 954. The Morgan fingerprint density at radius 1 is 1.07 bits per heavy atom. The van der Waals surface area contributed by atoms with E-state index in [1.54, 1.807) is 0 Å². The van der Waals surface area contributed by atoms with Crippen molar-refractivity contribution in [2.45, 2.75) is 51.8 Å². The number of likely N-dealkylation sites (tertiary alicyclic amines) is 1. The van der Waals surface area contributed by atoms with Gasteiger partial charge < -0.3 is 9.30 Å². The lowest BCUT2D eigenvalue weighted by molar-refractivity contribution is 0.0972. The number of piperidine rings is 1. The highest BCUT2D eigenvalue weighted by Crippen LogP contribution is 2.34. The van der Waals surface area contributed by atoms with Gasteiger partial charge in [-0.05, 0) is 62.8 Å². The molecule has 2 aromatic heterocycles. The van der Waals surface area contributed by atoms with E-state index in [4.69, 9.17) is 4.74 Å². The third-order valence-electron chi connectivity index (χ3n) is 5.97. The van der Waals surface area contributed by atoms with Crippen LogP contribution in [0.25, 0.3) is 10.9 Å². The summed E-state index contributed by atoms with van der Waals surface area (Å²) in [6, 6.07) is 10.7. The molecule has 5 heteroatoms. The van der Waals surface area contributed by atoms with Crippen molar-refractivity contribution in [3.63, 3.8) is 0 Å². The summed E-state index contributed by atoms with van der Waals surface area (Å²) in [5.74, 6) is 2.76. The Morgan fingerprint density at radius 3 is 2.71 bits per heavy atom. The van der Waals surface area contributed by atoms with Gasteiger partial charge in [0.2, 0.25) is 0 Å². The van der Waals surface area contributed by atoms with Crippen molar-refractivity contribution in [3.8, 4) is 5.75 Å². The molecule has 0 amide bonds. The van der Waals surface area contributed by atoms with Gasteiger partial charge in [-0.1, -0.05) is 6.07 Å². The van der Waals surface area contributed by atoms with Crippen LogP contribution in [-0.4, -0.2) is 38.6 Å². The molecular formula is C23H28N4O. The van der Waals surface area contributed by atoms with Gasteiger partial charge in [-0.3, -0.25) is 4.90 Å². The molecule has 0 atom stereocenters. The van der Waals surface area contributed by atoms with Crippen LogP contribution in [0.4, 0.5) is 0 Å². The number of benzene rings is 1. The summed E-state index contributed by atoms with van der Waals surface area (Å²) >= 11 is 0. The number of aryl methyl sites for hydroxylation is 1. The number of hydrogen-bond acceptors (Lipinski definition) is 4. The lowest BCUT2D eigenvalue weighted by atomic mass is 10.1. The van der Waals surface area contributed by atoms with E-state index >= 15 is 0 Å². The molecule has 5 nitrogen and oxygen atoms in total. The van der Waals surface area contributed by atoms with Crippen LogP contribution in [-0.2, 0) is 13.1 Å². The molecule has 28 heavy (non-hydrogen) atoms. The van der Waals surface area contributed by atoms with E-state index in [-0.39, 0.29) is 0 Å². The average molecular weight is 377 g/mol. The highest BCUT2D eigenvalue weighted by Gasteiger charge is 2.24. The molecule has 5 rings (SSSR count). The highest BCUT2D eigenvalue weighted by atomic mass is 16.5. The highest BCUT2D eigenvalue weighted by molar-refractivity contribution is 5.86. The van der Waals surface area contributed by atoms with Crippen LogP contribution in [0.2, 0.25) is 0 Å². The Labute approximate surface area is 166 Å². The molecule has 1 aliphatic heterocycles. The second kappa shape index (κ2) is 7.55. The molecule has 1 saturated carbocycles. The van der Waals surface area contributed by atoms with Gasteiger partial charge in [0.05, 0.1) is 11.2 Å². The molecule has 1 saturated heterocycles. The number of ether oxygens (including phenoxy) is 1. The van der Waals surface area contributed by atoms with Gasteiger partial charge in [-0.15, -0.1) is 0 Å². The van der Waals surface area contributed by atoms with Crippen molar-refractivity contribution < 1.29 is 4.74 Å². The molecule has 1 aliphatic carbocycles. The topological polar surface area (TPSA) is 43.2 Å². The summed E-state index contributed by atoms with van der Waals surface area (Å²) < 4.78 is 8.85. The molecule has 3 aromatic rings. The lowest BCUT2D eigenvalue weighted by Gasteiger charge is -2.32. The van der Waals surface area contributed by atoms with E-state index in [9.17, 15) is 0 Å². The minimum absolute atomic E-state index is 0.292. The fourth-order valence-electron chi connectivity index (χ4n) is 4.22. The number of fused-ring (bicyclic) bond motifs is 1. The average Bonchev–Trinajstić information content (AvgIpc) is 3.42. The quantitative estimate of drug-likeness (QED) is 0.647. The first-order chi connectivity index (χ1) is 13.7. The van der Waals surface area contributed by atoms with Gasteiger partial charge in [-0.2, -0.15) is 0 Å². The maximum atomic E-state index is 6.45. The van der Waals surface area contributed by atoms with Crippen molar-refractivity contribution in [3.05, 3.63) is 54.2 Å². The monoisotopic (exact) mass is 376 g/mol. The number of nitrogens with zero attached hydrogens (tertiary/aromatic N) is 4. The second-order valence-electron chi connectivity index (χ2n) is 8.29. The standard InChI is InChI=1S/C23H28N4O/c1-17-24-11-7-19(25-17)16-26-12-8-20(9-13-26)28-23-4-2-3-22-21(23)10-14-27(22)15-18-5-6-18/h2-4,7,10-11,14,18,20H,5-6,8-9,12-13,15-16H2,1H3. The third kappa shape index (κ3) is 3.90. The SMILES string of the molecule is Cc1nccc(CN2CCC(Oc3cccc4c3ccn4CC3CC3)CC2)n1. The Balaban J connectivity index is 1.21. The Hall–Kier alpha value is -2.40. The van der Waals surface area contributed by atoms with E-state index in [1.165, 1.54) is 23.7 Å². The molecule has 2 fully saturated rings. The summed E-state index contributed by atoms with van der Waals surface area (Å²) in [5, 5.41) is 1.25. The van der Waals surface area contributed by atoms with Gasteiger partial charge >= 0.3 is 0 Å². The molecule has 0 radical (unpaired) electrons. The van der Waals surface area contributed by atoms with Crippen LogP contribution >= 0.6 is 0 Å². The predicted molar refractivity (Wildman–Crippen MR) is 110 cm³/mol. The lowest BCUT2D eigenvalue weighted by Crippen LogP contribution is -2.38. The molecule has 2 aliphatic rings. The minimum Gasteiger partial charge on any atom is -0.490 e. The molecular weight excluding hydrogens is 348 g/mol. The zero-order valence-corrected chi connectivity index (χ0v) is 16.6. The fourth-order valence-corrected chi connectivity index (χ4v) is 4.22. The molecule has 1 aromatic carbocycles. The van der Waals surface area contributed by atoms with E-state index in [1.807, 2.05) is 19.2 Å². The van der Waals surface area contributed by atoms with Crippen molar-refractivity contribution in [2.75, 3.05) is 13.1 Å². The van der Waals surface area contributed by atoms with Crippen molar-refractivity contribution in [2.24, 2.45) is 5.92 Å². The van der Waals surface area contributed by atoms with Gasteiger partial charge in [0.25, 0.3) is 0 Å². The molecule has 3 heterocycles. The van der Waals surface area contributed by atoms with Crippen molar-refractivity contribution >= 4 is 10.9 Å². The van der Waals surface area contributed by atoms with Crippen molar-refractivity contribution in [1.29, 1.82) is 0 Å². The summed E-state index contributed by atoms with van der Waals surface area (Å²) in [6.45, 7) is 6.09. The maximum absolute atomic E-state index is 6.45. The molecule has 0 bridgehead atoms. The van der Waals surface area contributed by atoms with E-state index < -0.39 is 0 Å². The first-order valence-corrected chi connectivity index (χ1v) is 10.5. The van der Waals surface area contributed by atoms with Crippen LogP contribution in [0.5, 0.6) is 5.75 Å². The van der Waals surface area contributed by atoms with Crippen LogP contribution in [0.1, 0.15) is 37.2 Å². The van der Waals surface area contributed by atoms with E-state index in [0.717, 1.165) is 62.2 Å². The number of hydrogen-bond donors (Lipinski definition) is 0. The first-order valence-electron chi connectivity index (χ1n) is 10.5. The summed E-state index contributed by atoms with van der Waals surface area (Å²) in [7, 11) is 0. The third-order valence-corrected chi connectivity index (χ3v) is 5.97. The normalized spacial score (nSPS) is 18.6. The van der Waals surface area contributed by atoms with Crippen LogP contribution in [0, 0.1) is 12.8 Å². The Kier molecular flexibility index (Phi) is 4.77. The largest absolute Gasteiger partial charge is 0.490 e. The Morgan fingerprint density at radius 2 is 1.93 bits per heavy atom. The smallest absolute Gasteiger partial charge is 0.129 e. The summed E-state index contributed by atoms with van der Waals surface area (Å²) in [4.78, 5) is 11.2. The zero-order valence-electron chi connectivity index (χ0n) is 16.6. The minimum atomic E-state index is 0.292. The summed E-state index contributed by atoms with van der Waals surface area (Å²) in [5.41, 5.74) is 2.41. The van der Waals surface area contributed by atoms with E-state index in [0.29, 0.717) is 6.10 Å². The predicted octanol–water partition coefficient (Wildman–Crippen LogP) is 4.19. The van der Waals surface area contributed by atoms with Gasteiger partial charge in [0.15, 0.2) is 0 Å². The maximum Gasteiger partial charge on any atom is 0.129 e. The number of rotatable bonds is 6. The molecule has 0 N–H and O–H groups in total. The summed E-state index contributed by atoms with van der Waals surface area (Å²) in [6.07, 6.45) is 9.24. The zero-order chi connectivity index (χ0) is 18.9. The molecule has 146 valence electrons. The molecule has 0 spiro atoms. The first kappa shape index (κ1) is 17.7. The molecule has 0 unspecified atom stereocenters. The van der Waals surface area contributed by atoms with Crippen LogP contribution in [0.15, 0.2) is 42.7 Å². The van der Waals surface area contributed by atoms with Gasteiger partial charge in [0.1, 0.15) is 17.7 Å². The van der Waals surface area contributed by atoms with Crippen LogP contribution < -0.4 is 4.74 Å². The number of aromatic nitrogens is 3. The second-order valence-corrected chi connectivity index (χ2v) is 8.29.